The first-order valence-corrected chi connectivity index (χ1v) is 14.5. The lowest BCUT2D eigenvalue weighted by atomic mass is 9.95. The van der Waals surface area contributed by atoms with Crippen LogP contribution in [0.1, 0.15) is 50.2 Å². The second-order valence-corrected chi connectivity index (χ2v) is 11.6. The van der Waals surface area contributed by atoms with Crippen molar-refractivity contribution in [3.63, 3.8) is 0 Å². The van der Waals surface area contributed by atoms with Crippen molar-refractivity contribution in [1.82, 2.24) is 10.2 Å². The lowest BCUT2D eigenvalue weighted by Gasteiger charge is -2.33. The molecule has 38 heavy (non-hydrogen) atoms. The minimum atomic E-state index is -4.68. The lowest BCUT2D eigenvalue weighted by Crippen LogP contribution is -2.53. The maximum atomic E-state index is 13.5. The van der Waals surface area contributed by atoms with Gasteiger partial charge >= 0.3 is 6.18 Å². The van der Waals surface area contributed by atoms with Gasteiger partial charge < -0.3 is 10.2 Å². The standard InChI is InChI=1S/C27H34F3N3O4S/c1-20(26(35)31-23-13-7-4-8-14-23)32(17-16-21-10-5-3-6-11-21)25(34)19-33(38(2,36)37)24-15-9-12-22(18-24)27(28,29)30/h3,5-6,9-12,15,18,20,23H,4,7-8,13-14,16-17,19H2,1-2H3,(H,31,35)/t20-/m0/s1. The van der Waals surface area contributed by atoms with Crippen LogP contribution in [-0.2, 0) is 32.2 Å². The average molecular weight is 554 g/mol. The fourth-order valence-corrected chi connectivity index (χ4v) is 5.43. The Labute approximate surface area is 222 Å². The Morgan fingerprint density at radius 2 is 1.68 bits per heavy atom. The van der Waals surface area contributed by atoms with Gasteiger partial charge in [-0.05, 0) is 49.9 Å². The van der Waals surface area contributed by atoms with E-state index in [2.05, 4.69) is 5.32 Å². The fraction of sp³-hybridized carbons (Fsp3) is 0.481. The van der Waals surface area contributed by atoms with Crippen molar-refractivity contribution >= 4 is 27.5 Å². The number of halogens is 3. The molecule has 0 radical (unpaired) electrons. The molecule has 0 bridgehead atoms. The van der Waals surface area contributed by atoms with Gasteiger partial charge in [0, 0.05) is 12.6 Å². The Balaban J connectivity index is 1.85. The van der Waals surface area contributed by atoms with Crippen LogP contribution in [0.3, 0.4) is 0 Å². The molecule has 0 saturated heterocycles. The molecule has 2 amide bonds. The molecule has 1 atom stereocenters. The van der Waals surface area contributed by atoms with Crippen LogP contribution in [0.4, 0.5) is 18.9 Å². The van der Waals surface area contributed by atoms with Crippen LogP contribution in [0.25, 0.3) is 0 Å². The van der Waals surface area contributed by atoms with Crippen molar-refractivity contribution in [3.05, 3.63) is 65.7 Å². The topological polar surface area (TPSA) is 86.8 Å². The first-order valence-electron chi connectivity index (χ1n) is 12.6. The number of anilines is 1. The first kappa shape index (κ1) is 29.5. The number of benzene rings is 2. The monoisotopic (exact) mass is 553 g/mol. The molecule has 1 aliphatic rings. The van der Waals surface area contributed by atoms with Crippen molar-refractivity contribution in [1.29, 1.82) is 0 Å². The zero-order chi connectivity index (χ0) is 27.9. The molecule has 208 valence electrons. The summed E-state index contributed by atoms with van der Waals surface area (Å²) >= 11 is 0. The summed E-state index contributed by atoms with van der Waals surface area (Å²) in [6.45, 7) is 0.967. The Kier molecular flexibility index (Phi) is 9.81. The van der Waals surface area contributed by atoms with Crippen LogP contribution in [0.2, 0.25) is 0 Å². The summed E-state index contributed by atoms with van der Waals surface area (Å²) in [4.78, 5) is 27.9. The number of hydrogen-bond acceptors (Lipinski definition) is 4. The number of nitrogens with one attached hydrogen (secondary N) is 1. The normalized spacial score (nSPS) is 15.5. The van der Waals surface area contributed by atoms with Gasteiger partial charge in [-0.15, -0.1) is 0 Å². The van der Waals surface area contributed by atoms with Crippen LogP contribution in [0.5, 0.6) is 0 Å². The summed E-state index contributed by atoms with van der Waals surface area (Å²) in [6.07, 6.45) is 1.40. The van der Waals surface area contributed by atoms with Crippen LogP contribution in [0, 0.1) is 0 Å². The van der Waals surface area contributed by atoms with Crippen LogP contribution >= 0.6 is 0 Å². The fourth-order valence-electron chi connectivity index (χ4n) is 4.59. The Bertz CT molecular complexity index is 1200. The van der Waals surface area contributed by atoms with Crippen LogP contribution in [0.15, 0.2) is 54.6 Å². The predicted octanol–water partition coefficient (Wildman–Crippen LogP) is 4.38. The van der Waals surface area contributed by atoms with Gasteiger partial charge in [-0.3, -0.25) is 13.9 Å². The van der Waals surface area contributed by atoms with Gasteiger partial charge in [0.25, 0.3) is 0 Å². The van der Waals surface area contributed by atoms with E-state index in [1.807, 2.05) is 30.3 Å². The number of carbonyl (C=O) groups excluding carboxylic acids is 2. The number of amides is 2. The van der Waals surface area contributed by atoms with Crippen LogP contribution < -0.4 is 9.62 Å². The number of alkyl halides is 3. The van der Waals surface area contributed by atoms with Crippen molar-refractivity contribution < 1.29 is 31.2 Å². The van der Waals surface area contributed by atoms with Crippen LogP contribution in [-0.4, -0.2) is 56.6 Å². The molecule has 11 heteroatoms. The van der Waals surface area contributed by atoms with Gasteiger partial charge in [-0.25, -0.2) is 8.42 Å². The van der Waals surface area contributed by atoms with E-state index in [1.54, 1.807) is 6.92 Å². The zero-order valence-electron chi connectivity index (χ0n) is 21.6. The van der Waals surface area contributed by atoms with E-state index < -0.39 is 40.3 Å². The van der Waals surface area contributed by atoms with E-state index in [0.29, 0.717) is 16.8 Å². The highest BCUT2D eigenvalue weighted by molar-refractivity contribution is 7.92. The highest BCUT2D eigenvalue weighted by Crippen LogP contribution is 2.32. The van der Waals surface area contributed by atoms with E-state index in [9.17, 15) is 31.2 Å². The Morgan fingerprint density at radius 1 is 1.03 bits per heavy atom. The smallest absolute Gasteiger partial charge is 0.352 e. The third-order valence-electron chi connectivity index (χ3n) is 6.74. The van der Waals surface area contributed by atoms with Gasteiger partial charge in [0.15, 0.2) is 0 Å². The molecule has 2 aromatic carbocycles. The number of rotatable bonds is 10. The number of sulfonamides is 1. The van der Waals surface area contributed by atoms with Crippen molar-refractivity contribution in [2.45, 2.75) is 63.7 Å². The molecule has 0 heterocycles. The third kappa shape index (κ3) is 8.21. The van der Waals surface area contributed by atoms with E-state index in [-0.39, 0.29) is 24.2 Å². The number of carbonyl (C=O) groups is 2. The zero-order valence-corrected chi connectivity index (χ0v) is 22.4. The predicted molar refractivity (Wildman–Crippen MR) is 140 cm³/mol. The second kappa shape index (κ2) is 12.6. The van der Waals surface area contributed by atoms with Gasteiger partial charge in [-0.2, -0.15) is 13.2 Å². The summed E-state index contributed by atoms with van der Waals surface area (Å²) in [5.41, 5.74) is -0.390. The Morgan fingerprint density at radius 3 is 2.29 bits per heavy atom. The molecule has 7 nitrogen and oxygen atoms in total. The summed E-state index contributed by atoms with van der Waals surface area (Å²) in [5.74, 6) is -1.03. The average Bonchev–Trinajstić information content (AvgIpc) is 2.87. The minimum absolute atomic E-state index is 0.0161. The second-order valence-electron chi connectivity index (χ2n) is 9.66. The van der Waals surface area contributed by atoms with Crippen molar-refractivity contribution in [2.24, 2.45) is 0 Å². The molecule has 3 rings (SSSR count). The maximum absolute atomic E-state index is 13.5. The van der Waals surface area contributed by atoms with E-state index >= 15 is 0 Å². The minimum Gasteiger partial charge on any atom is -0.352 e. The largest absolute Gasteiger partial charge is 0.416 e. The van der Waals surface area contributed by atoms with E-state index in [1.165, 1.54) is 11.0 Å². The molecule has 0 unspecified atom stereocenters. The van der Waals surface area contributed by atoms with Crippen molar-refractivity contribution in [3.8, 4) is 0 Å². The molecule has 0 aliphatic heterocycles. The summed E-state index contributed by atoms with van der Waals surface area (Å²) < 4.78 is 65.7. The molecular weight excluding hydrogens is 519 g/mol. The SMILES string of the molecule is C[C@@H](C(=O)NC1CCCCC1)N(CCc1ccccc1)C(=O)CN(c1cccc(C(F)(F)F)c1)S(C)(=O)=O. The third-order valence-corrected chi connectivity index (χ3v) is 7.88. The van der Waals surface area contributed by atoms with E-state index in [0.717, 1.165) is 56.1 Å². The summed E-state index contributed by atoms with van der Waals surface area (Å²) in [6, 6.07) is 12.2. The Hall–Kier alpha value is -3.08. The molecule has 0 aromatic heterocycles. The number of hydrogen-bond donors (Lipinski definition) is 1. The van der Waals surface area contributed by atoms with Gasteiger partial charge in [0.1, 0.15) is 12.6 Å². The quantitative estimate of drug-likeness (QED) is 0.473. The molecular formula is C27H34F3N3O4S. The molecule has 1 saturated carbocycles. The molecule has 2 aromatic rings. The van der Waals surface area contributed by atoms with Crippen molar-refractivity contribution in [2.75, 3.05) is 23.7 Å². The van der Waals surface area contributed by atoms with Gasteiger partial charge in [0.2, 0.25) is 21.8 Å². The lowest BCUT2D eigenvalue weighted by molar-refractivity contribution is -0.139. The van der Waals surface area contributed by atoms with Gasteiger partial charge in [0.05, 0.1) is 17.5 Å². The van der Waals surface area contributed by atoms with E-state index in [4.69, 9.17) is 0 Å². The molecule has 1 N–H and O–H groups in total. The summed E-state index contributed by atoms with van der Waals surface area (Å²) in [5, 5.41) is 3.00. The number of nitrogens with zero attached hydrogens (tertiary/aromatic N) is 2. The highest BCUT2D eigenvalue weighted by Gasteiger charge is 2.34. The maximum Gasteiger partial charge on any atom is 0.416 e. The van der Waals surface area contributed by atoms with Gasteiger partial charge in [-0.1, -0.05) is 55.7 Å². The summed E-state index contributed by atoms with van der Waals surface area (Å²) in [7, 11) is -4.13. The molecule has 0 spiro atoms. The molecule has 1 aliphatic carbocycles. The first-order chi connectivity index (χ1) is 17.9. The molecule has 1 fully saturated rings. The highest BCUT2D eigenvalue weighted by atomic mass is 32.2.